The molecule has 1 N–H and O–H groups in total. The van der Waals surface area contributed by atoms with Gasteiger partial charge in [0.05, 0.1) is 5.69 Å². The Labute approximate surface area is 108 Å². The third-order valence-corrected chi connectivity index (χ3v) is 2.65. The predicted molar refractivity (Wildman–Crippen MR) is 72.0 cm³/mol. The van der Waals surface area contributed by atoms with E-state index in [2.05, 4.69) is 34.1 Å². The Bertz CT molecular complexity index is 508. The second-order valence-electron chi connectivity index (χ2n) is 4.57. The molecule has 0 aliphatic carbocycles. The Morgan fingerprint density at radius 1 is 1.22 bits per heavy atom. The van der Waals surface area contributed by atoms with Gasteiger partial charge in [-0.15, -0.1) is 0 Å². The highest BCUT2D eigenvalue weighted by molar-refractivity contribution is 5.48. The molecule has 2 rings (SSSR count). The molecule has 4 nitrogen and oxygen atoms in total. The average Bonchev–Trinajstić information content (AvgIpc) is 2.38. The van der Waals surface area contributed by atoms with Crippen LogP contribution in [0.15, 0.2) is 30.6 Å². The molecule has 0 amide bonds. The minimum Gasteiger partial charge on any atom is -0.309 e. The maximum atomic E-state index is 4.58. The molecule has 2 aromatic heterocycles. The minimum absolute atomic E-state index is 0.442. The van der Waals surface area contributed by atoms with Crippen molar-refractivity contribution in [2.45, 2.75) is 33.4 Å². The fourth-order valence-corrected chi connectivity index (χ4v) is 1.58. The number of aryl methyl sites for hydroxylation is 1. The number of aromatic nitrogens is 3. The summed E-state index contributed by atoms with van der Waals surface area (Å²) in [6.45, 7) is 7.03. The molecule has 94 valence electrons. The van der Waals surface area contributed by atoms with Crippen LogP contribution in [0, 0.1) is 6.92 Å². The smallest absolute Gasteiger partial charge is 0.178 e. The molecule has 4 heteroatoms. The van der Waals surface area contributed by atoms with Crippen LogP contribution in [0.3, 0.4) is 0 Å². The topological polar surface area (TPSA) is 50.7 Å². The van der Waals surface area contributed by atoms with Gasteiger partial charge in [-0.1, -0.05) is 19.9 Å². The lowest BCUT2D eigenvalue weighted by Gasteiger charge is -2.10. The summed E-state index contributed by atoms with van der Waals surface area (Å²) in [5.74, 6) is 0.682. The first-order chi connectivity index (χ1) is 8.66. The molecule has 2 heterocycles. The van der Waals surface area contributed by atoms with E-state index in [-0.39, 0.29) is 0 Å². The van der Waals surface area contributed by atoms with Crippen LogP contribution < -0.4 is 5.32 Å². The number of nitrogens with zero attached hydrogens (tertiary/aromatic N) is 3. The lowest BCUT2D eigenvalue weighted by Crippen LogP contribution is -2.23. The normalized spacial score (nSPS) is 10.9. The SMILES string of the molecule is Cc1cnc(-c2ccccn2)nc1CNC(C)C. The Hall–Kier alpha value is -1.81. The third-order valence-electron chi connectivity index (χ3n) is 2.65. The van der Waals surface area contributed by atoms with E-state index in [0.717, 1.165) is 23.5 Å². The number of nitrogens with one attached hydrogen (secondary N) is 1. The summed E-state index contributed by atoms with van der Waals surface area (Å²) in [7, 11) is 0. The Morgan fingerprint density at radius 3 is 2.72 bits per heavy atom. The number of hydrogen-bond acceptors (Lipinski definition) is 4. The van der Waals surface area contributed by atoms with E-state index in [1.807, 2.05) is 31.3 Å². The molecular formula is C14H18N4. The zero-order valence-corrected chi connectivity index (χ0v) is 11.0. The lowest BCUT2D eigenvalue weighted by atomic mass is 10.2. The summed E-state index contributed by atoms with van der Waals surface area (Å²) in [5.41, 5.74) is 2.94. The zero-order chi connectivity index (χ0) is 13.0. The minimum atomic E-state index is 0.442. The summed E-state index contributed by atoms with van der Waals surface area (Å²) in [6.07, 6.45) is 3.61. The third kappa shape index (κ3) is 3.11. The van der Waals surface area contributed by atoms with Crippen molar-refractivity contribution in [1.82, 2.24) is 20.3 Å². The molecule has 0 spiro atoms. The molecular weight excluding hydrogens is 224 g/mol. The molecule has 18 heavy (non-hydrogen) atoms. The Balaban J connectivity index is 2.26. The van der Waals surface area contributed by atoms with E-state index in [4.69, 9.17) is 0 Å². The molecule has 0 radical (unpaired) electrons. The summed E-state index contributed by atoms with van der Waals surface area (Å²) in [5, 5.41) is 3.37. The molecule has 0 fully saturated rings. The van der Waals surface area contributed by atoms with Crippen molar-refractivity contribution >= 4 is 0 Å². The van der Waals surface area contributed by atoms with Crippen LogP contribution in [0.2, 0.25) is 0 Å². The maximum Gasteiger partial charge on any atom is 0.178 e. The van der Waals surface area contributed by atoms with Crippen LogP contribution in [-0.2, 0) is 6.54 Å². The summed E-state index contributed by atoms with van der Waals surface area (Å²) < 4.78 is 0. The molecule has 0 aliphatic heterocycles. The van der Waals surface area contributed by atoms with Crippen molar-refractivity contribution < 1.29 is 0 Å². The highest BCUT2D eigenvalue weighted by Gasteiger charge is 2.07. The first kappa shape index (κ1) is 12.6. The highest BCUT2D eigenvalue weighted by atomic mass is 15.0. The van der Waals surface area contributed by atoms with Gasteiger partial charge in [-0.3, -0.25) is 4.98 Å². The molecule has 0 aliphatic rings. The highest BCUT2D eigenvalue weighted by Crippen LogP contribution is 2.13. The first-order valence-electron chi connectivity index (χ1n) is 6.14. The van der Waals surface area contributed by atoms with Crippen molar-refractivity contribution in [2.24, 2.45) is 0 Å². The average molecular weight is 242 g/mol. The molecule has 0 aromatic carbocycles. The van der Waals surface area contributed by atoms with Gasteiger partial charge in [0.2, 0.25) is 0 Å². The van der Waals surface area contributed by atoms with Crippen molar-refractivity contribution in [2.75, 3.05) is 0 Å². The predicted octanol–water partition coefficient (Wildman–Crippen LogP) is 2.35. The van der Waals surface area contributed by atoms with Gasteiger partial charge in [-0.2, -0.15) is 0 Å². The quantitative estimate of drug-likeness (QED) is 0.894. The molecule has 2 aromatic rings. The van der Waals surface area contributed by atoms with E-state index in [9.17, 15) is 0 Å². The number of pyridine rings is 1. The van der Waals surface area contributed by atoms with E-state index >= 15 is 0 Å². The van der Waals surface area contributed by atoms with Gasteiger partial charge >= 0.3 is 0 Å². The van der Waals surface area contributed by atoms with E-state index < -0.39 is 0 Å². The van der Waals surface area contributed by atoms with E-state index in [1.165, 1.54) is 0 Å². The molecule has 0 atom stereocenters. The van der Waals surface area contributed by atoms with Crippen molar-refractivity contribution in [3.05, 3.63) is 41.9 Å². The van der Waals surface area contributed by atoms with Gasteiger partial charge in [-0.05, 0) is 24.6 Å². The summed E-state index contributed by atoms with van der Waals surface area (Å²) >= 11 is 0. The Kier molecular flexibility index (Phi) is 3.99. The fraction of sp³-hybridized carbons (Fsp3) is 0.357. The summed E-state index contributed by atoms with van der Waals surface area (Å²) in [6, 6.07) is 6.19. The maximum absolute atomic E-state index is 4.58. The van der Waals surface area contributed by atoms with Gasteiger partial charge in [-0.25, -0.2) is 9.97 Å². The standard InChI is InChI=1S/C14H18N4/c1-10(2)16-9-13-11(3)8-17-14(18-13)12-6-4-5-7-15-12/h4-8,10,16H,9H2,1-3H3. The second kappa shape index (κ2) is 5.69. The molecule has 0 unspecified atom stereocenters. The van der Waals surface area contributed by atoms with Crippen LogP contribution in [0.4, 0.5) is 0 Å². The van der Waals surface area contributed by atoms with Gasteiger partial charge < -0.3 is 5.32 Å². The van der Waals surface area contributed by atoms with Crippen LogP contribution in [0.5, 0.6) is 0 Å². The van der Waals surface area contributed by atoms with Crippen molar-refractivity contribution in [3.8, 4) is 11.5 Å². The van der Waals surface area contributed by atoms with Crippen LogP contribution in [0.1, 0.15) is 25.1 Å². The zero-order valence-electron chi connectivity index (χ0n) is 11.0. The van der Waals surface area contributed by atoms with Gasteiger partial charge in [0.15, 0.2) is 5.82 Å². The number of hydrogen-bond donors (Lipinski definition) is 1. The van der Waals surface area contributed by atoms with Crippen LogP contribution >= 0.6 is 0 Å². The monoisotopic (exact) mass is 242 g/mol. The second-order valence-corrected chi connectivity index (χ2v) is 4.57. The van der Waals surface area contributed by atoms with Crippen LogP contribution in [0.25, 0.3) is 11.5 Å². The van der Waals surface area contributed by atoms with Gasteiger partial charge in [0.1, 0.15) is 5.69 Å². The van der Waals surface area contributed by atoms with E-state index in [0.29, 0.717) is 11.9 Å². The van der Waals surface area contributed by atoms with Crippen molar-refractivity contribution in [1.29, 1.82) is 0 Å². The lowest BCUT2D eigenvalue weighted by molar-refractivity contribution is 0.579. The number of rotatable bonds is 4. The molecule has 0 saturated heterocycles. The van der Waals surface area contributed by atoms with Gasteiger partial charge in [0, 0.05) is 25.0 Å². The van der Waals surface area contributed by atoms with Crippen molar-refractivity contribution in [3.63, 3.8) is 0 Å². The fourth-order valence-electron chi connectivity index (χ4n) is 1.58. The van der Waals surface area contributed by atoms with Gasteiger partial charge in [0.25, 0.3) is 0 Å². The Morgan fingerprint density at radius 2 is 2.06 bits per heavy atom. The molecule has 0 saturated carbocycles. The first-order valence-corrected chi connectivity index (χ1v) is 6.14. The largest absolute Gasteiger partial charge is 0.309 e. The van der Waals surface area contributed by atoms with Crippen LogP contribution in [-0.4, -0.2) is 21.0 Å². The molecule has 0 bridgehead atoms. The summed E-state index contributed by atoms with van der Waals surface area (Å²) in [4.78, 5) is 13.2. The van der Waals surface area contributed by atoms with E-state index in [1.54, 1.807) is 6.20 Å².